The van der Waals surface area contributed by atoms with E-state index in [0.29, 0.717) is 18.9 Å². The van der Waals surface area contributed by atoms with E-state index in [1.807, 2.05) is 12.1 Å². The fraction of sp³-hybridized carbons (Fsp3) is 0.500. The van der Waals surface area contributed by atoms with Gasteiger partial charge in [-0.25, -0.2) is 0 Å². The molecule has 1 aromatic heterocycles. The van der Waals surface area contributed by atoms with Crippen LogP contribution in [0.5, 0.6) is 0 Å². The first-order valence-electron chi connectivity index (χ1n) is 6.59. The predicted octanol–water partition coefficient (Wildman–Crippen LogP) is 1.99. The third kappa shape index (κ3) is 3.38. The Morgan fingerprint density at radius 1 is 1.16 bits per heavy atom. The minimum absolute atomic E-state index is 0.157. The van der Waals surface area contributed by atoms with Crippen LogP contribution in [0.1, 0.15) is 32.8 Å². The van der Waals surface area contributed by atoms with Crippen LogP contribution >= 0.6 is 0 Å². The van der Waals surface area contributed by atoms with E-state index >= 15 is 0 Å². The Morgan fingerprint density at radius 2 is 1.84 bits per heavy atom. The second kappa shape index (κ2) is 5.48. The molecule has 0 spiro atoms. The Bertz CT molecular complexity index is 522. The van der Waals surface area contributed by atoms with Crippen molar-refractivity contribution in [3.05, 3.63) is 29.8 Å². The van der Waals surface area contributed by atoms with E-state index in [9.17, 15) is 0 Å². The van der Waals surface area contributed by atoms with Gasteiger partial charge in [-0.3, -0.25) is 0 Å². The molecular formula is C14H21N5. The number of aryl methyl sites for hydroxylation is 1. The Morgan fingerprint density at radius 3 is 2.42 bits per heavy atom. The van der Waals surface area contributed by atoms with Crippen molar-refractivity contribution in [1.29, 1.82) is 0 Å². The summed E-state index contributed by atoms with van der Waals surface area (Å²) < 4.78 is 0. The summed E-state index contributed by atoms with van der Waals surface area (Å²) in [6.07, 6.45) is 0.860. The number of rotatable bonds is 4. The molecule has 0 saturated heterocycles. The summed E-state index contributed by atoms with van der Waals surface area (Å²) >= 11 is 0. The number of hydrogen-bond donors (Lipinski definition) is 1. The Labute approximate surface area is 113 Å². The lowest BCUT2D eigenvalue weighted by Crippen LogP contribution is -2.10. The summed E-state index contributed by atoms with van der Waals surface area (Å²) in [5.41, 5.74) is 7.91. The number of aromatic nitrogens is 4. The summed E-state index contributed by atoms with van der Waals surface area (Å²) in [7, 11) is 0. The van der Waals surface area contributed by atoms with Crippen molar-refractivity contribution in [3.63, 3.8) is 0 Å². The Kier molecular flexibility index (Phi) is 3.95. The first-order valence-corrected chi connectivity index (χ1v) is 6.59. The molecular weight excluding hydrogens is 238 g/mol. The highest BCUT2D eigenvalue weighted by Gasteiger charge is 2.14. The van der Waals surface area contributed by atoms with E-state index in [4.69, 9.17) is 5.73 Å². The minimum atomic E-state index is 0.157. The molecule has 2 N–H and O–H groups in total. The summed E-state index contributed by atoms with van der Waals surface area (Å²) in [5, 5.41) is 12.4. The molecule has 0 aliphatic heterocycles. The first kappa shape index (κ1) is 13.7. The van der Waals surface area contributed by atoms with Gasteiger partial charge in [-0.2, -0.15) is 4.80 Å². The van der Waals surface area contributed by atoms with E-state index < -0.39 is 0 Å². The molecule has 5 heteroatoms. The lowest BCUT2D eigenvalue weighted by Gasteiger charge is -2.18. The van der Waals surface area contributed by atoms with Crippen LogP contribution in [-0.2, 0) is 12.0 Å². The molecule has 0 aliphatic carbocycles. The third-order valence-electron chi connectivity index (χ3n) is 3.02. The minimum Gasteiger partial charge on any atom is -0.330 e. The maximum atomic E-state index is 5.46. The monoisotopic (exact) mass is 259 g/mol. The molecule has 2 aromatic rings. The number of benzene rings is 1. The van der Waals surface area contributed by atoms with Crippen LogP contribution in [0.4, 0.5) is 0 Å². The van der Waals surface area contributed by atoms with Crippen molar-refractivity contribution in [3.8, 4) is 11.4 Å². The fourth-order valence-electron chi connectivity index (χ4n) is 1.81. The zero-order valence-corrected chi connectivity index (χ0v) is 11.8. The standard InChI is InChI=1S/C14H21N5/c1-14(2,3)12-7-5-11(6-8-12)13-16-18-19(17-13)10-4-9-15/h5-8H,4,9-10,15H2,1-3H3. The average Bonchev–Trinajstić information content (AvgIpc) is 2.84. The summed E-state index contributed by atoms with van der Waals surface area (Å²) in [4.78, 5) is 1.60. The van der Waals surface area contributed by atoms with Gasteiger partial charge in [0.15, 0.2) is 0 Å². The van der Waals surface area contributed by atoms with Crippen LogP contribution in [0.25, 0.3) is 11.4 Å². The molecule has 19 heavy (non-hydrogen) atoms. The van der Waals surface area contributed by atoms with Crippen molar-refractivity contribution in [2.45, 2.75) is 39.2 Å². The zero-order chi connectivity index (χ0) is 13.9. The van der Waals surface area contributed by atoms with Gasteiger partial charge in [0.05, 0.1) is 6.54 Å². The second-order valence-electron chi connectivity index (χ2n) is 5.68. The largest absolute Gasteiger partial charge is 0.330 e. The Hall–Kier alpha value is -1.75. The van der Waals surface area contributed by atoms with Gasteiger partial charge in [0.1, 0.15) is 0 Å². The smallest absolute Gasteiger partial charge is 0.204 e. The molecule has 102 valence electrons. The third-order valence-corrected chi connectivity index (χ3v) is 3.02. The normalized spacial score (nSPS) is 11.8. The summed E-state index contributed by atoms with van der Waals surface area (Å²) in [6, 6.07) is 8.33. The van der Waals surface area contributed by atoms with Gasteiger partial charge in [0.2, 0.25) is 5.82 Å². The van der Waals surface area contributed by atoms with Crippen LogP contribution in [0.3, 0.4) is 0 Å². The van der Waals surface area contributed by atoms with E-state index in [1.165, 1.54) is 5.56 Å². The average molecular weight is 259 g/mol. The highest BCUT2D eigenvalue weighted by atomic mass is 15.6. The molecule has 5 nitrogen and oxygen atoms in total. The summed E-state index contributed by atoms with van der Waals surface area (Å²) in [6.45, 7) is 7.94. The lowest BCUT2D eigenvalue weighted by atomic mass is 9.87. The van der Waals surface area contributed by atoms with Gasteiger partial charge >= 0.3 is 0 Å². The molecule has 0 radical (unpaired) electrons. The van der Waals surface area contributed by atoms with Crippen molar-refractivity contribution in [2.24, 2.45) is 5.73 Å². The van der Waals surface area contributed by atoms with Crippen molar-refractivity contribution >= 4 is 0 Å². The van der Waals surface area contributed by atoms with Gasteiger partial charge < -0.3 is 5.73 Å². The molecule has 0 fully saturated rings. The Balaban J connectivity index is 2.16. The molecule has 0 unspecified atom stereocenters. The van der Waals surface area contributed by atoms with Crippen LogP contribution in [-0.4, -0.2) is 26.8 Å². The van der Waals surface area contributed by atoms with Crippen molar-refractivity contribution < 1.29 is 0 Å². The van der Waals surface area contributed by atoms with Crippen LogP contribution < -0.4 is 5.73 Å². The molecule has 0 bridgehead atoms. The zero-order valence-electron chi connectivity index (χ0n) is 11.8. The van der Waals surface area contributed by atoms with Crippen molar-refractivity contribution in [1.82, 2.24) is 20.2 Å². The maximum Gasteiger partial charge on any atom is 0.204 e. The predicted molar refractivity (Wildman–Crippen MR) is 75.6 cm³/mol. The summed E-state index contributed by atoms with van der Waals surface area (Å²) in [5.74, 6) is 0.664. The number of tetrazole rings is 1. The fourth-order valence-corrected chi connectivity index (χ4v) is 1.81. The van der Waals surface area contributed by atoms with Crippen LogP contribution in [0, 0.1) is 0 Å². The molecule has 0 aliphatic rings. The number of nitrogens with zero attached hydrogens (tertiary/aromatic N) is 4. The lowest BCUT2D eigenvalue weighted by molar-refractivity contribution is 0.504. The SMILES string of the molecule is CC(C)(C)c1ccc(-c2nnn(CCCN)n2)cc1. The second-order valence-corrected chi connectivity index (χ2v) is 5.68. The molecule has 0 saturated carbocycles. The molecule has 2 rings (SSSR count). The van der Waals surface area contributed by atoms with Gasteiger partial charge in [0, 0.05) is 5.56 Å². The molecule has 1 aromatic carbocycles. The van der Waals surface area contributed by atoms with Gasteiger partial charge in [-0.05, 0) is 29.2 Å². The van der Waals surface area contributed by atoms with Gasteiger partial charge in [0.25, 0.3) is 0 Å². The first-order chi connectivity index (χ1) is 9.00. The quantitative estimate of drug-likeness (QED) is 0.911. The van der Waals surface area contributed by atoms with E-state index in [-0.39, 0.29) is 5.41 Å². The number of hydrogen-bond acceptors (Lipinski definition) is 4. The van der Waals surface area contributed by atoms with Crippen LogP contribution in [0.15, 0.2) is 24.3 Å². The highest BCUT2D eigenvalue weighted by molar-refractivity contribution is 5.54. The molecule has 0 amide bonds. The van der Waals surface area contributed by atoms with Crippen LogP contribution in [0.2, 0.25) is 0 Å². The number of nitrogens with two attached hydrogens (primary N) is 1. The van der Waals surface area contributed by atoms with E-state index in [2.05, 4.69) is 48.3 Å². The van der Waals surface area contributed by atoms with E-state index in [0.717, 1.165) is 12.0 Å². The maximum absolute atomic E-state index is 5.46. The topological polar surface area (TPSA) is 69.6 Å². The van der Waals surface area contributed by atoms with Crippen molar-refractivity contribution in [2.75, 3.05) is 6.54 Å². The van der Waals surface area contributed by atoms with E-state index in [1.54, 1.807) is 4.80 Å². The van der Waals surface area contributed by atoms with Gasteiger partial charge in [-0.1, -0.05) is 45.0 Å². The highest BCUT2D eigenvalue weighted by Crippen LogP contribution is 2.24. The molecule has 0 atom stereocenters. The van der Waals surface area contributed by atoms with Gasteiger partial charge in [-0.15, -0.1) is 10.2 Å². The molecule has 1 heterocycles.